The molecule has 34 heavy (non-hydrogen) atoms. The van der Waals surface area contributed by atoms with E-state index in [4.69, 9.17) is 4.42 Å². The standard InChI is InChI=1S/C24H16F2N4O2S2/c25-23(26)34-18-9-7-17(8-10-18)30-22(16-5-3-11-27-13-16)28-29-24(30)33-14-19(31)21-12-15-4-1-2-6-20(15)32-21/h1-13,23H,14H2. The van der Waals surface area contributed by atoms with Gasteiger partial charge in [0.15, 0.2) is 16.7 Å². The summed E-state index contributed by atoms with van der Waals surface area (Å²) in [4.78, 5) is 17.4. The van der Waals surface area contributed by atoms with Gasteiger partial charge in [-0.3, -0.25) is 14.3 Å². The number of thioether (sulfide) groups is 2. The maximum atomic E-state index is 12.8. The van der Waals surface area contributed by atoms with Crippen molar-refractivity contribution in [2.45, 2.75) is 15.8 Å². The van der Waals surface area contributed by atoms with Crippen molar-refractivity contribution in [2.75, 3.05) is 5.75 Å². The number of para-hydroxylation sites is 1. The lowest BCUT2D eigenvalue weighted by molar-refractivity contribution is 0.0994. The van der Waals surface area contributed by atoms with Crippen molar-refractivity contribution >= 4 is 40.3 Å². The summed E-state index contributed by atoms with van der Waals surface area (Å²) in [6.45, 7) is 0. The predicted octanol–water partition coefficient (Wildman–Crippen LogP) is 6.37. The highest BCUT2D eigenvalue weighted by Crippen LogP contribution is 2.31. The first-order valence-corrected chi connectivity index (χ1v) is 12.0. The summed E-state index contributed by atoms with van der Waals surface area (Å²) in [6, 6.07) is 19.5. The number of alkyl halides is 2. The minimum atomic E-state index is -2.50. The van der Waals surface area contributed by atoms with Crippen LogP contribution in [0.25, 0.3) is 28.0 Å². The molecule has 0 fully saturated rings. The van der Waals surface area contributed by atoms with Crippen LogP contribution in [0, 0.1) is 0 Å². The van der Waals surface area contributed by atoms with Crippen LogP contribution in [0.4, 0.5) is 8.78 Å². The predicted molar refractivity (Wildman–Crippen MR) is 128 cm³/mol. The maximum absolute atomic E-state index is 12.8. The van der Waals surface area contributed by atoms with Gasteiger partial charge in [-0.25, -0.2) is 0 Å². The molecule has 0 aliphatic rings. The smallest absolute Gasteiger partial charge is 0.288 e. The fraction of sp³-hybridized carbons (Fsp3) is 0.0833. The molecule has 10 heteroatoms. The number of pyridine rings is 1. The van der Waals surface area contributed by atoms with Crippen molar-refractivity contribution in [3.8, 4) is 17.1 Å². The van der Waals surface area contributed by atoms with E-state index in [-0.39, 0.29) is 17.3 Å². The third kappa shape index (κ3) is 4.73. The summed E-state index contributed by atoms with van der Waals surface area (Å²) in [7, 11) is 0. The highest BCUT2D eigenvalue weighted by molar-refractivity contribution is 8.00. The molecule has 170 valence electrons. The highest BCUT2D eigenvalue weighted by Gasteiger charge is 2.19. The van der Waals surface area contributed by atoms with Crippen LogP contribution in [0.5, 0.6) is 0 Å². The van der Waals surface area contributed by atoms with Gasteiger partial charge in [-0.15, -0.1) is 10.2 Å². The van der Waals surface area contributed by atoms with Crippen LogP contribution in [0.1, 0.15) is 10.6 Å². The summed E-state index contributed by atoms with van der Waals surface area (Å²) in [5.74, 6) is -1.78. The van der Waals surface area contributed by atoms with E-state index >= 15 is 0 Å². The van der Waals surface area contributed by atoms with E-state index in [1.807, 2.05) is 30.3 Å². The third-order valence-electron chi connectivity index (χ3n) is 4.91. The Balaban J connectivity index is 1.44. The van der Waals surface area contributed by atoms with Gasteiger partial charge in [0.1, 0.15) is 5.58 Å². The molecule has 0 amide bonds. The van der Waals surface area contributed by atoms with Crippen molar-refractivity contribution in [3.05, 3.63) is 84.9 Å². The fourth-order valence-corrected chi connectivity index (χ4v) is 4.70. The molecule has 3 aromatic heterocycles. The van der Waals surface area contributed by atoms with Crippen LogP contribution in [-0.2, 0) is 0 Å². The second kappa shape index (κ2) is 9.78. The van der Waals surface area contributed by atoms with Gasteiger partial charge in [0, 0.05) is 33.9 Å². The summed E-state index contributed by atoms with van der Waals surface area (Å²) < 4.78 is 32.9. The number of Topliss-reactive ketones (excluding diaryl/α,β-unsaturated/α-hetero) is 1. The van der Waals surface area contributed by atoms with Gasteiger partial charge in [0.2, 0.25) is 5.78 Å². The van der Waals surface area contributed by atoms with Gasteiger partial charge in [-0.2, -0.15) is 8.78 Å². The van der Waals surface area contributed by atoms with Crippen LogP contribution in [0.2, 0.25) is 0 Å². The van der Waals surface area contributed by atoms with Crippen LogP contribution in [-0.4, -0.2) is 37.0 Å². The number of fused-ring (bicyclic) bond motifs is 1. The molecule has 0 radical (unpaired) electrons. The number of benzene rings is 2. The number of hydrogen-bond acceptors (Lipinski definition) is 7. The minimum Gasteiger partial charge on any atom is -0.453 e. The summed E-state index contributed by atoms with van der Waals surface area (Å²) >= 11 is 1.70. The highest BCUT2D eigenvalue weighted by atomic mass is 32.2. The zero-order chi connectivity index (χ0) is 23.5. The van der Waals surface area contributed by atoms with Gasteiger partial charge in [-0.1, -0.05) is 41.7 Å². The van der Waals surface area contributed by atoms with Gasteiger partial charge in [0.25, 0.3) is 5.76 Å². The van der Waals surface area contributed by atoms with E-state index in [2.05, 4.69) is 15.2 Å². The number of carbonyl (C=O) groups excluding carboxylic acids is 1. The first-order chi connectivity index (χ1) is 16.6. The van der Waals surface area contributed by atoms with E-state index in [0.717, 1.165) is 10.9 Å². The van der Waals surface area contributed by atoms with Crippen molar-refractivity contribution < 1.29 is 18.0 Å². The van der Waals surface area contributed by atoms with Crippen molar-refractivity contribution in [1.29, 1.82) is 0 Å². The lowest BCUT2D eigenvalue weighted by atomic mass is 10.2. The van der Waals surface area contributed by atoms with Gasteiger partial charge in [0.05, 0.1) is 5.75 Å². The number of nitrogens with zero attached hydrogens (tertiary/aromatic N) is 4. The third-order valence-corrected chi connectivity index (χ3v) is 6.56. The van der Waals surface area contributed by atoms with Crippen LogP contribution >= 0.6 is 23.5 Å². The number of aromatic nitrogens is 4. The number of hydrogen-bond donors (Lipinski definition) is 0. The fourth-order valence-electron chi connectivity index (χ4n) is 3.38. The summed E-state index contributed by atoms with van der Waals surface area (Å²) in [5, 5.41) is 9.94. The Kier molecular flexibility index (Phi) is 6.41. The van der Waals surface area contributed by atoms with E-state index in [1.165, 1.54) is 11.8 Å². The number of ketones is 1. The Bertz CT molecular complexity index is 1400. The number of halogens is 2. The number of carbonyl (C=O) groups is 1. The van der Waals surface area contributed by atoms with Gasteiger partial charge < -0.3 is 4.42 Å². The SMILES string of the molecule is O=C(CSc1nnc(-c2cccnc2)n1-c1ccc(SC(F)F)cc1)c1cc2ccccc2o1. The largest absolute Gasteiger partial charge is 0.453 e. The zero-order valence-corrected chi connectivity index (χ0v) is 19.1. The lowest BCUT2D eigenvalue weighted by Crippen LogP contribution is -2.04. The van der Waals surface area contributed by atoms with Gasteiger partial charge in [-0.05, 0) is 48.5 Å². The molecule has 0 saturated heterocycles. The molecule has 0 saturated carbocycles. The molecule has 6 nitrogen and oxygen atoms in total. The minimum absolute atomic E-state index is 0.0876. The first kappa shape index (κ1) is 22.3. The summed E-state index contributed by atoms with van der Waals surface area (Å²) in [5.41, 5.74) is 2.07. The first-order valence-electron chi connectivity index (χ1n) is 10.1. The molecule has 0 atom stereocenters. The van der Waals surface area contributed by atoms with Crippen LogP contribution in [0.15, 0.2) is 93.6 Å². The second-order valence-electron chi connectivity index (χ2n) is 7.12. The molecule has 5 aromatic rings. The molecule has 0 spiro atoms. The van der Waals surface area contributed by atoms with Crippen molar-refractivity contribution in [1.82, 2.24) is 19.7 Å². The molecule has 0 aliphatic carbocycles. The van der Waals surface area contributed by atoms with E-state index in [0.29, 0.717) is 38.9 Å². The number of furan rings is 1. The lowest BCUT2D eigenvalue weighted by Gasteiger charge is -2.11. The number of rotatable bonds is 8. The van der Waals surface area contributed by atoms with Crippen LogP contribution < -0.4 is 0 Å². The Morgan fingerprint density at radius 2 is 1.85 bits per heavy atom. The molecule has 0 bridgehead atoms. The average Bonchev–Trinajstić information content (AvgIpc) is 3.48. The Labute approximate surface area is 201 Å². The van der Waals surface area contributed by atoms with E-state index in [9.17, 15) is 13.6 Å². The normalized spacial score (nSPS) is 11.4. The molecule has 5 rings (SSSR count). The molecule has 0 aliphatic heterocycles. The average molecular weight is 495 g/mol. The topological polar surface area (TPSA) is 73.8 Å². The Hall–Kier alpha value is -3.50. The molecule has 0 N–H and O–H groups in total. The van der Waals surface area contributed by atoms with Crippen molar-refractivity contribution in [2.24, 2.45) is 0 Å². The molecule has 3 heterocycles. The second-order valence-corrected chi connectivity index (χ2v) is 9.12. The van der Waals surface area contributed by atoms with Gasteiger partial charge >= 0.3 is 0 Å². The molecule has 2 aromatic carbocycles. The Morgan fingerprint density at radius 1 is 1.03 bits per heavy atom. The van der Waals surface area contributed by atoms with Crippen LogP contribution in [0.3, 0.4) is 0 Å². The zero-order valence-electron chi connectivity index (χ0n) is 17.5. The molecular formula is C24H16F2N4O2S2. The van der Waals surface area contributed by atoms with E-state index < -0.39 is 5.76 Å². The maximum Gasteiger partial charge on any atom is 0.288 e. The summed E-state index contributed by atoms with van der Waals surface area (Å²) in [6.07, 6.45) is 3.32. The quantitative estimate of drug-likeness (QED) is 0.183. The molecular weight excluding hydrogens is 478 g/mol. The molecule has 0 unspecified atom stereocenters. The monoisotopic (exact) mass is 494 g/mol. The van der Waals surface area contributed by atoms with Crippen molar-refractivity contribution in [3.63, 3.8) is 0 Å². The Morgan fingerprint density at radius 3 is 2.59 bits per heavy atom. The van der Waals surface area contributed by atoms with E-state index in [1.54, 1.807) is 53.4 Å².